The third kappa shape index (κ3) is 5.74. The van der Waals surface area contributed by atoms with Crippen LogP contribution >= 0.6 is 0 Å². The van der Waals surface area contributed by atoms with E-state index in [2.05, 4.69) is 31.0 Å². The van der Waals surface area contributed by atoms with Gasteiger partial charge in [-0.25, -0.2) is 8.42 Å². The quantitative estimate of drug-likeness (QED) is 0.495. The number of benzene rings is 3. The molecule has 2 aliphatic heterocycles. The van der Waals surface area contributed by atoms with Crippen LogP contribution in [0.5, 0.6) is 5.75 Å². The molecule has 9 heteroatoms. The van der Waals surface area contributed by atoms with E-state index in [0.717, 1.165) is 29.9 Å². The molecule has 2 heterocycles. The van der Waals surface area contributed by atoms with Crippen molar-refractivity contribution in [2.45, 2.75) is 44.1 Å². The van der Waals surface area contributed by atoms with Crippen LogP contribution in [0.1, 0.15) is 31.9 Å². The number of rotatable bonds is 5. The van der Waals surface area contributed by atoms with E-state index in [1.54, 1.807) is 30.3 Å². The first-order valence-electron chi connectivity index (χ1n) is 13.2. The number of amides is 1. The van der Waals surface area contributed by atoms with E-state index in [4.69, 9.17) is 9.47 Å². The van der Waals surface area contributed by atoms with Gasteiger partial charge in [-0.1, -0.05) is 44.5 Å². The molecule has 1 amide bonds. The highest BCUT2D eigenvalue weighted by Gasteiger charge is 2.38. The number of sulfonamides is 1. The summed E-state index contributed by atoms with van der Waals surface area (Å²) in [5.74, 6) is -0.0588. The summed E-state index contributed by atoms with van der Waals surface area (Å²) in [5.41, 5.74) is 3.84. The number of aryl methyl sites for hydroxylation is 1. The van der Waals surface area contributed by atoms with Crippen LogP contribution in [0.25, 0.3) is 0 Å². The van der Waals surface area contributed by atoms with Crippen molar-refractivity contribution in [3.05, 3.63) is 77.9 Å². The highest BCUT2D eigenvalue weighted by molar-refractivity contribution is 7.92. The minimum absolute atomic E-state index is 0.144. The molecule has 1 N–H and O–H groups in total. The summed E-state index contributed by atoms with van der Waals surface area (Å²) in [7, 11) is -3.95. The minimum Gasteiger partial charge on any atom is -0.476 e. The number of hydrogen-bond donors (Lipinski definition) is 1. The van der Waals surface area contributed by atoms with Gasteiger partial charge in [0.1, 0.15) is 5.75 Å². The molecular weight excluding hydrogens is 514 g/mol. The van der Waals surface area contributed by atoms with Crippen molar-refractivity contribution < 1.29 is 22.7 Å². The maximum Gasteiger partial charge on any atom is 0.267 e. The lowest BCUT2D eigenvalue weighted by atomic mass is 9.86. The molecule has 1 unspecified atom stereocenters. The molecule has 0 saturated carbocycles. The van der Waals surface area contributed by atoms with E-state index in [0.29, 0.717) is 30.3 Å². The zero-order valence-corrected chi connectivity index (χ0v) is 23.6. The van der Waals surface area contributed by atoms with E-state index in [1.165, 1.54) is 4.31 Å². The molecule has 0 bridgehead atoms. The van der Waals surface area contributed by atoms with E-state index < -0.39 is 22.0 Å². The molecule has 0 aliphatic carbocycles. The SMILES string of the molecule is Cc1ccc(S(=O)(=O)N2CC(C(=O)Nc3ccc(N4CCOCC4)cc3)Oc3ccc(C(C)(C)C)cc32)cc1. The van der Waals surface area contributed by atoms with Gasteiger partial charge in [-0.3, -0.25) is 9.10 Å². The summed E-state index contributed by atoms with van der Waals surface area (Å²) in [6.07, 6.45) is -1.03. The standard InChI is InChI=1S/C30H35N3O5S/c1-21-5-12-25(13-6-21)39(35,36)33-20-28(38-27-14-7-22(19-26(27)33)30(2,3)4)29(34)31-23-8-10-24(11-9-23)32-15-17-37-18-16-32/h5-14,19,28H,15-18,20H2,1-4H3,(H,31,34). The Balaban J connectivity index is 1.42. The summed E-state index contributed by atoms with van der Waals surface area (Å²) < 4.78 is 40.5. The molecule has 1 fully saturated rings. The van der Waals surface area contributed by atoms with Crippen molar-refractivity contribution in [2.24, 2.45) is 0 Å². The van der Waals surface area contributed by atoms with Crippen molar-refractivity contribution in [2.75, 3.05) is 47.4 Å². The summed E-state index contributed by atoms with van der Waals surface area (Å²) in [4.78, 5) is 15.8. The second-order valence-electron chi connectivity index (χ2n) is 11.0. The molecule has 0 spiro atoms. The number of fused-ring (bicyclic) bond motifs is 1. The van der Waals surface area contributed by atoms with Crippen molar-refractivity contribution in [3.8, 4) is 5.75 Å². The summed E-state index contributed by atoms with van der Waals surface area (Å²) in [6.45, 7) is 11.0. The fourth-order valence-electron chi connectivity index (χ4n) is 4.72. The van der Waals surface area contributed by atoms with Crippen molar-refractivity contribution in [1.29, 1.82) is 0 Å². The molecule has 3 aromatic rings. The molecule has 8 nitrogen and oxygen atoms in total. The third-order valence-electron chi connectivity index (χ3n) is 7.11. The van der Waals surface area contributed by atoms with Gasteiger partial charge in [-0.05, 0) is 66.4 Å². The smallest absolute Gasteiger partial charge is 0.267 e. The molecule has 206 valence electrons. The summed E-state index contributed by atoms with van der Waals surface area (Å²) in [5, 5.41) is 2.90. The number of carbonyl (C=O) groups excluding carboxylic acids is 1. The molecule has 0 radical (unpaired) electrons. The largest absolute Gasteiger partial charge is 0.476 e. The number of morpholine rings is 1. The Morgan fingerprint density at radius 3 is 2.26 bits per heavy atom. The molecule has 3 aromatic carbocycles. The Kier molecular flexibility index (Phi) is 7.31. The number of carbonyl (C=O) groups is 1. The van der Waals surface area contributed by atoms with Crippen molar-refractivity contribution in [1.82, 2.24) is 0 Å². The Hall–Kier alpha value is -3.56. The zero-order chi connectivity index (χ0) is 27.8. The number of anilines is 3. The fourth-order valence-corrected chi connectivity index (χ4v) is 6.19. The average molecular weight is 550 g/mol. The Morgan fingerprint density at radius 2 is 1.62 bits per heavy atom. The van der Waals surface area contributed by atoms with Gasteiger partial charge in [0.2, 0.25) is 0 Å². The van der Waals surface area contributed by atoms with E-state index in [1.807, 2.05) is 43.3 Å². The van der Waals surface area contributed by atoms with Crippen LogP contribution < -0.4 is 19.3 Å². The lowest BCUT2D eigenvalue weighted by Crippen LogP contribution is -2.49. The topological polar surface area (TPSA) is 88.2 Å². The predicted molar refractivity (Wildman–Crippen MR) is 153 cm³/mol. The van der Waals surface area contributed by atoms with Crippen LogP contribution in [-0.4, -0.2) is 53.3 Å². The van der Waals surface area contributed by atoms with Crippen molar-refractivity contribution >= 4 is 33.0 Å². The fraction of sp³-hybridized carbons (Fsp3) is 0.367. The van der Waals surface area contributed by atoms with Crippen molar-refractivity contribution in [3.63, 3.8) is 0 Å². The van der Waals surface area contributed by atoms with Crippen LogP contribution in [0.2, 0.25) is 0 Å². The Bertz CT molecular complexity index is 1440. The molecule has 2 aliphatic rings. The van der Waals surface area contributed by atoms with Crippen LogP contribution in [0, 0.1) is 6.92 Å². The van der Waals surface area contributed by atoms with E-state index in [9.17, 15) is 13.2 Å². The number of nitrogens with zero attached hydrogens (tertiary/aromatic N) is 2. The second kappa shape index (κ2) is 10.5. The third-order valence-corrected chi connectivity index (χ3v) is 8.90. The van der Waals surface area contributed by atoms with Gasteiger partial charge in [0.15, 0.2) is 6.10 Å². The Morgan fingerprint density at radius 1 is 0.949 bits per heavy atom. The maximum atomic E-state index is 13.9. The van der Waals surface area contributed by atoms with Gasteiger partial charge in [0.05, 0.1) is 30.3 Å². The monoisotopic (exact) mass is 549 g/mol. The zero-order valence-electron chi connectivity index (χ0n) is 22.8. The van der Waals surface area contributed by atoms with Crippen LogP contribution in [0.4, 0.5) is 17.1 Å². The van der Waals surface area contributed by atoms with E-state index in [-0.39, 0.29) is 16.9 Å². The number of nitrogens with one attached hydrogen (secondary N) is 1. The first-order valence-corrected chi connectivity index (χ1v) is 14.6. The maximum absolute atomic E-state index is 13.9. The summed E-state index contributed by atoms with van der Waals surface area (Å²) >= 11 is 0. The highest BCUT2D eigenvalue weighted by Crippen LogP contribution is 2.40. The molecule has 0 aromatic heterocycles. The van der Waals surface area contributed by atoms with Gasteiger partial charge in [-0.15, -0.1) is 0 Å². The predicted octanol–water partition coefficient (Wildman–Crippen LogP) is 4.72. The van der Waals surface area contributed by atoms with Gasteiger partial charge in [0.25, 0.3) is 15.9 Å². The van der Waals surface area contributed by atoms with Gasteiger partial charge < -0.3 is 19.7 Å². The average Bonchev–Trinajstić information content (AvgIpc) is 2.92. The molecular formula is C30H35N3O5S. The highest BCUT2D eigenvalue weighted by atomic mass is 32.2. The van der Waals surface area contributed by atoms with Crippen LogP contribution in [-0.2, 0) is 25.0 Å². The minimum atomic E-state index is -3.95. The molecule has 1 atom stereocenters. The first-order chi connectivity index (χ1) is 18.5. The van der Waals surface area contributed by atoms with Gasteiger partial charge in [-0.2, -0.15) is 0 Å². The molecule has 39 heavy (non-hydrogen) atoms. The number of ether oxygens (including phenoxy) is 2. The molecule has 1 saturated heterocycles. The van der Waals surface area contributed by atoms with Gasteiger partial charge in [0, 0.05) is 24.5 Å². The first kappa shape index (κ1) is 27.0. The lowest BCUT2D eigenvalue weighted by Gasteiger charge is -2.36. The Labute approximate surface area is 230 Å². The second-order valence-corrected chi connectivity index (χ2v) is 12.9. The normalized spacial score (nSPS) is 17.8. The lowest BCUT2D eigenvalue weighted by molar-refractivity contribution is -0.122. The van der Waals surface area contributed by atoms with E-state index >= 15 is 0 Å². The number of hydrogen-bond acceptors (Lipinski definition) is 6. The van der Waals surface area contributed by atoms with Crippen LogP contribution in [0.15, 0.2) is 71.6 Å². The molecule has 5 rings (SSSR count). The van der Waals surface area contributed by atoms with Gasteiger partial charge >= 0.3 is 0 Å². The van der Waals surface area contributed by atoms with Crippen LogP contribution in [0.3, 0.4) is 0 Å². The summed E-state index contributed by atoms with van der Waals surface area (Å²) in [6, 6.07) is 19.8.